The van der Waals surface area contributed by atoms with Crippen LogP contribution >= 0.6 is 15.9 Å². The van der Waals surface area contributed by atoms with Crippen LogP contribution in [0.15, 0.2) is 22.7 Å². The van der Waals surface area contributed by atoms with E-state index in [0.29, 0.717) is 0 Å². The first-order valence-corrected chi connectivity index (χ1v) is 5.16. The van der Waals surface area contributed by atoms with Crippen LogP contribution in [0.2, 0.25) is 0 Å². The van der Waals surface area contributed by atoms with E-state index in [0.717, 1.165) is 17.3 Å². The fourth-order valence-electron chi connectivity index (χ4n) is 1.78. The molecule has 1 aromatic carbocycles. The number of hydrogen-bond donors (Lipinski definition) is 0. The third-order valence-electron chi connectivity index (χ3n) is 2.66. The van der Waals surface area contributed by atoms with Crippen molar-refractivity contribution >= 4 is 15.9 Å². The second-order valence-corrected chi connectivity index (χ2v) is 4.48. The summed E-state index contributed by atoms with van der Waals surface area (Å²) >= 11 is 3.51. The number of benzene rings is 1. The number of hydrogen-bond acceptors (Lipinski definition) is 1. The predicted octanol–water partition coefficient (Wildman–Crippen LogP) is 3.31. The van der Waals surface area contributed by atoms with Gasteiger partial charge in [-0.1, -0.05) is 28.1 Å². The van der Waals surface area contributed by atoms with Crippen LogP contribution in [0.3, 0.4) is 0 Å². The van der Waals surface area contributed by atoms with Crippen LogP contribution in [0.25, 0.3) is 0 Å². The maximum absolute atomic E-state index is 9.09. The molecular weight excluding hydrogens is 226 g/mol. The van der Waals surface area contributed by atoms with Crippen LogP contribution in [-0.2, 0) is 5.41 Å². The van der Waals surface area contributed by atoms with Gasteiger partial charge in [-0.2, -0.15) is 5.26 Å². The lowest BCUT2D eigenvalue weighted by atomic mass is 9.93. The molecule has 0 atom stereocenters. The third kappa shape index (κ3) is 1.28. The molecule has 1 aromatic rings. The van der Waals surface area contributed by atoms with E-state index in [1.54, 1.807) is 0 Å². The number of halogens is 1. The number of nitrogens with zero attached hydrogens (tertiary/aromatic N) is 1. The Kier molecular flexibility index (Phi) is 1.92. The van der Waals surface area contributed by atoms with Gasteiger partial charge in [0, 0.05) is 4.47 Å². The minimum atomic E-state index is -0.176. The predicted molar refractivity (Wildman–Crippen MR) is 55.4 cm³/mol. The Hall–Kier alpha value is -0.810. The Morgan fingerprint density at radius 2 is 2.15 bits per heavy atom. The quantitative estimate of drug-likeness (QED) is 0.733. The van der Waals surface area contributed by atoms with Crippen molar-refractivity contribution in [1.82, 2.24) is 0 Å². The van der Waals surface area contributed by atoms with Gasteiger partial charge in [0.1, 0.15) is 0 Å². The van der Waals surface area contributed by atoms with Gasteiger partial charge in [-0.25, -0.2) is 0 Å². The SMILES string of the molecule is Cc1cccc(Br)c1C1(C#N)CC1. The Morgan fingerprint density at radius 1 is 1.46 bits per heavy atom. The van der Waals surface area contributed by atoms with Crippen LogP contribution in [0, 0.1) is 18.3 Å². The molecular formula is C11H10BrN. The molecule has 1 nitrogen and oxygen atoms in total. The van der Waals surface area contributed by atoms with Crippen LogP contribution in [-0.4, -0.2) is 0 Å². The molecule has 0 amide bonds. The lowest BCUT2D eigenvalue weighted by molar-refractivity contribution is 0.888. The van der Waals surface area contributed by atoms with Crippen molar-refractivity contribution in [2.24, 2.45) is 0 Å². The molecule has 0 heterocycles. The van der Waals surface area contributed by atoms with Crippen molar-refractivity contribution in [3.8, 4) is 6.07 Å². The summed E-state index contributed by atoms with van der Waals surface area (Å²) in [6.07, 6.45) is 2.01. The molecule has 2 heteroatoms. The molecule has 0 aliphatic heterocycles. The minimum Gasteiger partial charge on any atom is -0.197 e. The van der Waals surface area contributed by atoms with Gasteiger partial charge in [-0.3, -0.25) is 0 Å². The largest absolute Gasteiger partial charge is 0.197 e. The standard InChI is InChI=1S/C11H10BrN/c1-8-3-2-4-9(12)10(8)11(7-13)5-6-11/h2-4H,5-6H2,1H3. The summed E-state index contributed by atoms with van der Waals surface area (Å²) < 4.78 is 1.08. The maximum atomic E-state index is 9.09. The second kappa shape index (κ2) is 2.85. The van der Waals surface area contributed by atoms with Crippen LogP contribution in [0.1, 0.15) is 24.0 Å². The lowest BCUT2D eigenvalue weighted by Crippen LogP contribution is -2.05. The number of aryl methyl sites for hydroxylation is 1. The highest BCUT2D eigenvalue weighted by molar-refractivity contribution is 9.10. The normalized spacial score (nSPS) is 17.9. The monoisotopic (exact) mass is 235 g/mol. The molecule has 0 saturated heterocycles. The summed E-state index contributed by atoms with van der Waals surface area (Å²) in [5.41, 5.74) is 2.23. The molecule has 0 N–H and O–H groups in total. The van der Waals surface area contributed by atoms with E-state index in [2.05, 4.69) is 35.0 Å². The first-order chi connectivity index (χ1) is 6.19. The van der Waals surface area contributed by atoms with Crippen LogP contribution < -0.4 is 0 Å². The topological polar surface area (TPSA) is 23.8 Å². The number of nitriles is 1. The summed E-state index contributed by atoms with van der Waals surface area (Å²) in [7, 11) is 0. The molecule has 1 aliphatic carbocycles. The van der Waals surface area contributed by atoms with Gasteiger partial charge in [-0.15, -0.1) is 0 Å². The van der Waals surface area contributed by atoms with E-state index in [-0.39, 0.29) is 5.41 Å². The van der Waals surface area contributed by atoms with Crippen molar-refractivity contribution in [3.05, 3.63) is 33.8 Å². The van der Waals surface area contributed by atoms with E-state index in [4.69, 9.17) is 5.26 Å². The molecule has 0 unspecified atom stereocenters. The van der Waals surface area contributed by atoms with Gasteiger partial charge in [0.05, 0.1) is 11.5 Å². The van der Waals surface area contributed by atoms with Gasteiger partial charge in [0.15, 0.2) is 0 Å². The van der Waals surface area contributed by atoms with Gasteiger partial charge in [0.25, 0.3) is 0 Å². The summed E-state index contributed by atoms with van der Waals surface area (Å²) in [6.45, 7) is 2.07. The van der Waals surface area contributed by atoms with Crippen molar-refractivity contribution in [3.63, 3.8) is 0 Å². The van der Waals surface area contributed by atoms with E-state index in [1.807, 2.05) is 12.1 Å². The average molecular weight is 236 g/mol. The zero-order valence-corrected chi connectivity index (χ0v) is 9.06. The van der Waals surface area contributed by atoms with E-state index in [1.165, 1.54) is 11.1 Å². The highest BCUT2D eigenvalue weighted by Gasteiger charge is 2.46. The molecule has 1 aliphatic rings. The summed E-state index contributed by atoms with van der Waals surface area (Å²) in [4.78, 5) is 0. The highest BCUT2D eigenvalue weighted by atomic mass is 79.9. The molecule has 13 heavy (non-hydrogen) atoms. The smallest absolute Gasteiger partial charge is 0.0837 e. The van der Waals surface area contributed by atoms with E-state index >= 15 is 0 Å². The van der Waals surface area contributed by atoms with Crippen LogP contribution in [0.5, 0.6) is 0 Å². The first kappa shape index (κ1) is 8.77. The molecule has 0 aromatic heterocycles. The van der Waals surface area contributed by atoms with E-state index in [9.17, 15) is 0 Å². The first-order valence-electron chi connectivity index (χ1n) is 4.36. The fourth-order valence-corrected chi connectivity index (χ4v) is 2.63. The molecule has 1 saturated carbocycles. The van der Waals surface area contributed by atoms with Crippen molar-refractivity contribution < 1.29 is 0 Å². The molecule has 0 spiro atoms. The molecule has 0 bridgehead atoms. The van der Waals surface area contributed by atoms with E-state index < -0.39 is 0 Å². The highest BCUT2D eigenvalue weighted by Crippen LogP contribution is 2.50. The van der Waals surface area contributed by atoms with Gasteiger partial charge in [-0.05, 0) is 37.0 Å². The van der Waals surface area contributed by atoms with Gasteiger partial charge in [0.2, 0.25) is 0 Å². The van der Waals surface area contributed by atoms with Gasteiger partial charge < -0.3 is 0 Å². The Morgan fingerprint density at radius 3 is 2.62 bits per heavy atom. The van der Waals surface area contributed by atoms with Crippen molar-refractivity contribution in [2.45, 2.75) is 25.2 Å². The Labute approximate surface area is 86.5 Å². The molecule has 0 radical (unpaired) electrons. The summed E-state index contributed by atoms with van der Waals surface area (Å²) in [6, 6.07) is 8.51. The van der Waals surface area contributed by atoms with Crippen molar-refractivity contribution in [1.29, 1.82) is 5.26 Å². The Bertz CT molecular complexity index is 365. The molecule has 1 fully saturated rings. The third-order valence-corrected chi connectivity index (χ3v) is 3.33. The Balaban J connectivity index is 2.58. The maximum Gasteiger partial charge on any atom is 0.0837 e. The summed E-state index contributed by atoms with van der Waals surface area (Å²) in [5, 5.41) is 9.09. The zero-order chi connectivity index (χ0) is 9.47. The molecule has 2 rings (SSSR count). The van der Waals surface area contributed by atoms with Gasteiger partial charge >= 0.3 is 0 Å². The number of rotatable bonds is 1. The lowest BCUT2D eigenvalue weighted by Gasteiger charge is -2.11. The minimum absolute atomic E-state index is 0.176. The second-order valence-electron chi connectivity index (χ2n) is 3.63. The fraction of sp³-hybridized carbons (Fsp3) is 0.364. The molecule has 66 valence electrons. The van der Waals surface area contributed by atoms with Crippen LogP contribution in [0.4, 0.5) is 0 Å². The van der Waals surface area contributed by atoms with Crippen molar-refractivity contribution in [2.75, 3.05) is 0 Å². The summed E-state index contributed by atoms with van der Waals surface area (Å²) in [5.74, 6) is 0. The zero-order valence-electron chi connectivity index (χ0n) is 7.47. The average Bonchev–Trinajstić information content (AvgIpc) is 2.85.